The van der Waals surface area contributed by atoms with Crippen molar-refractivity contribution in [2.45, 2.75) is 51.7 Å². The number of fused-ring (bicyclic) bond motifs is 3. The largest absolute Gasteiger partial charge is 0.514 e. The number of nitrogens with zero attached hydrogens (tertiary/aromatic N) is 1. The number of carboxylic acid groups (broad SMARTS) is 1. The van der Waals surface area contributed by atoms with Gasteiger partial charge >= 0.3 is 12.1 Å². The molecule has 0 aliphatic carbocycles. The van der Waals surface area contributed by atoms with Gasteiger partial charge in [-0.05, 0) is 33.8 Å². The van der Waals surface area contributed by atoms with Gasteiger partial charge in [0.15, 0.2) is 0 Å². The zero-order valence-electron chi connectivity index (χ0n) is 15.3. The maximum Gasteiger partial charge on any atom is 0.514 e. The van der Waals surface area contributed by atoms with Gasteiger partial charge in [-0.25, -0.2) is 9.28 Å². The highest BCUT2D eigenvalue weighted by Crippen LogP contribution is 2.54. The molecule has 2 heterocycles. The Hall–Kier alpha value is -2.08. The van der Waals surface area contributed by atoms with E-state index in [9.17, 15) is 14.7 Å². The lowest BCUT2D eigenvalue weighted by atomic mass is 9.81. The number of likely N-dealkylation sites (tertiary alicyclic amines) is 1. The number of carbonyl (C=O) groups excluding carboxylic acids is 1. The summed E-state index contributed by atoms with van der Waals surface area (Å²) in [7, 11) is 0. The van der Waals surface area contributed by atoms with E-state index < -0.39 is 17.7 Å². The number of esters is 1. The minimum atomic E-state index is -0.834. The average molecular weight is 347 g/mol. The van der Waals surface area contributed by atoms with Crippen molar-refractivity contribution in [2.24, 2.45) is 5.92 Å². The highest BCUT2D eigenvalue weighted by atomic mass is 16.5. The van der Waals surface area contributed by atoms with Crippen LogP contribution < -0.4 is 5.32 Å². The van der Waals surface area contributed by atoms with Crippen LogP contribution >= 0.6 is 0 Å². The second-order valence-electron chi connectivity index (χ2n) is 7.90. The van der Waals surface area contributed by atoms with E-state index in [-0.39, 0.29) is 22.4 Å². The molecule has 0 radical (unpaired) electrons. The maximum atomic E-state index is 12.5. The van der Waals surface area contributed by atoms with Crippen LogP contribution in [0.15, 0.2) is 24.3 Å². The quantitative estimate of drug-likeness (QED) is 0.633. The van der Waals surface area contributed by atoms with Crippen LogP contribution in [0.1, 0.15) is 45.7 Å². The van der Waals surface area contributed by atoms with Crippen molar-refractivity contribution < 1.29 is 23.9 Å². The molecule has 2 aliphatic heterocycles. The lowest BCUT2D eigenvalue weighted by Gasteiger charge is -2.48. The highest BCUT2D eigenvalue weighted by Gasteiger charge is 2.64. The number of hydrogen-bond donors (Lipinski definition) is 2. The first-order chi connectivity index (χ1) is 11.7. The molecule has 2 N–H and O–H groups in total. The predicted octanol–water partition coefficient (Wildman–Crippen LogP) is 3.40. The van der Waals surface area contributed by atoms with Crippen molar-refractivity contribution in [3.05, 3.63) is 29.8 Å². The molecule has 0 saturated carbocycles. The summed E-state index contributed by atoms with van der Waals surface area (Å²) in [6.07, 6.45) is -0.168. The monoisotopic (exact) mass is 347 g/mol. The van der Waals surface area contributed by atoms with E-state index in [4.69, 9.17) is 4.74 Å². The number of carbonyl (C=O) groups is 2. The third-order valence-corrected chi connectivity index (χ3v) is 5.79. The zero-order chi connectivity index (χ0) is 18.4. The number of ether oxygens (including phenoxy) is 1. The Kier molecular flexibility index (Phi) is 4.27. The minimum absolute atomic E-state index is 0.0632. The number of anilines is 1. The van der Waals surface area contributed by atoms with Crippen LogP contribution in [0.2, 0.25) is 0 Å². The fourth-order valence-corrected chi connectivity index (χ4v) is 4.67. The minimum Gasteiger partial charge on any atom is -0.464 e. The number of nitrogens with one attached hydrogen (secondary N) is 1. The predicted molar refractivity (Wildman–Crippen MR) is 94.2 cm³/mol. The van der Waals surface area contributed by atoms with Crippen LogP contribution in [0.5, 0.6) is 0 Å². The van der Waals surface area contributed by atoms with Crippen molar-refractivity contribution in [3.8, 4) is 0 Å². The Labute approximate surface area is 148 Å². The molecule has 136 valence electrons. The van der Waals surface area contributed by atoms with Gasteiger partial charge in [0, 0.05) is 17.7 Å². The summed E-state index contributed by atoms with van der Waals surface area (Å²) >= 11 is 0. The van der Waals surface area contributed by atoms with Crippen LogP contribution in [-0.2, 0) is 9.53 Å². The van der Waals surface area contributed by atoms with Crippen molar-refractivity contribution in [1.29, 1.82) is 0 Å². The fourth-order valence-electron chi connectivity index (χ4n) is 4.67. The molecule has 1 fully saturated rings. The van der Waals surface area contributed by atoms with Gasteiger partial charge in [-0.3, -0.25) is 0 Å². The van der Waals surface area contributed by atoms with E-state index in [0.717, 1.165) is 11.3 Å². The fraction of sp³-hybridized carbons (Fsp3) is 0.579. The zero-order valence-corrected chi connectivity index (χ0v) is 15.3. The van der Waals surface area contributed by atoms with E-state index >= 15 is 0 Å². The van der Waals surface area contributed by atoms with E-state index in [2.05, 4.69) is 5.32 Å². The molecular weight excluding hydrogens is 320 g/mol. The van der Waals surface area contributed by atoms with Crippen LogP contribution in [0.4, 0.5) is 10.5 Å². The van der Waals surface area contributed by atoms with Crippen molar-refractivity contribution >= 4 is 17.7 Å². The number of para-hydroxylation sites is 1. The molecule has 1 saturated heterocycles. The molecule has 4 atom stereocenters. The number of hydrogen-bond acceptors (Lipinski definition) is 4. The maximum absolute atomic E-state index is 12.5. The smallest absolute Gasteiger partial charge is 0.464 e. The SMILES string of the molecule is CCOC(=O)[C@H]1Nc2ccccc2[C@H]2[C@@H]1CC[N+]2(C(=O)O)C(C)(C)C. The first-order valence-corrected chi connectivity index (χ1v) is 8.87. The molecule has 1 amide bonds. The lowest BCUT2D eigenvalue weighted by Crippen LogP contribution is -2.64. The van der Waals surface area contributed by atoms with Crippen LogP contribution in [0.3, 0.4) is 0 Å². The normalized spacial score (nSPS) is 30.8. The standard InChI is InChI=1S/C19H26N2O4/c1-5-25-17(22)15-13-10-11-21(18(23)24,19(2,3)4)16(13)12-8-6-7-9-14(12)20-15/h6-9,13,15-16,20H,5,10-11H2,1-4H3/p+1/t13-,15+,16+,21?/m1/s1. The Morgan fingerprint density at radius 1 is 1.32 bits per heavy atom. The summed E-state index contributed by atoms with van der Waals surface area (Å²) in [6.45, 7) is 8.50. The summed E-state index contributed by atoms with van der Waals surface area (Å²) in [5, 5.41) is 13.5. The van der Waals surface area contributed by atoms with Gasteiger partial charge in [-0.2, -0.15) is 4.79 Å². The molecule has 1 unspecified atom stereocenters. The molecule has 6 heteroatoms. The third-order valence-electron chi connectivity index (χ3n) is 5.79. The molecule has 2 aliphatic rings. The van der Waals surface area contributed by atoms with Crippen molar-refractivity contribution in [1.82, 2.24) is 0 Å². The molecule has 1 aromatic rings. The summed E-state index contributed by atoms with van der Waals surface area (Å²) in [4.78, 5) is 25.0. The Bertz CT molecular complexity index is 697. The highest BCUT2D eigenvalue weighted by molar-refractivity contribution is 5.82. The van der Waals surface area contributed by atoms with Crippen LogP contribution in [-0.4, -0.2) is 46.4 Å². The van der Waals surface area contributed by atoms with Gasteiger partial charge in [-0.1, -0.05) is 18.2 Å². The summed E-state index contributed by atoms with van der Waals surface area (Å²) in [5.41, 5.74) is 1.31. The molecular formula is C19H27N2O4+. The van der Waals surface area contributed by atoms with E-state index in [0.29, 0.717) is 19.6 Å². The first kappa shape index (κ1) is 17.7. The number of amides is 1. The Morgan fingerprint density at radius 3 is 2.60 bits per heavy atom. The Morgan fingerprint density at radius 2 is 2.00 bits per heavy atom. The summed E-state index contributed by atoms with van der Waals surface area (Å²) < 4.78 is 5.20. The Balaban J connectivity index is 2.17. The van der Waals surface area contributed by atoms with E-state index in [1.165, 1.54) is 0 Å². The van der Waals surface area contributed by atoms with Gasteiger partial charge in [-0.15, -0.1) is 0 Å². The first-order valence-electron chi connectivity index (χ1n) is 8.87. The second-order valence-corrected chi connectivity index (χ2v) is 7.90. The number of quaternary nitrogens is 1. The lowest BCUT2D eigenvalue weighted by molar-refractivity contribution is -0.922. The second kappa shape index (κ2) is 6.02. The molecule has 25 heavy (non-hydrogen) atoms. The summed E-state index contributed by atoms with van der Waals surface area (Å²) in [5.74, 6) is -0.407. The molecule has 0 spiro atoms. The summed E-state index contributed by atoms with van der Waals surface area (Å²) in [6, 6.07) is 6.94. The number of rotatable bonds is 2. The van der Waals surface area contributed by atoms with Gasteiger partial charge in [0.2, 0.25) is 0 Å². The van der Waals surface area contributed by atoms with Crippen LogP contribution in [0.25, 0.3) is 0 Å². The van der Waals surface area contributed by atoms with Gasteiger partial charge < -0.3 is 15.2 Å². The van der Waals surface area contributed by atoms with Gasteiger partial charge in [0.05, 0.1) is 19.1 Å². The average Bonchev–Trinajstić information content (AvgIpc) is 2.96. The van der Waals surface area contributed by atoms with E-state index in [1.54, 1.807) is 6.92 Å². The van der Waals surface area contributed by atoms with Gasteiger partial charge in [0.1, 0.15) is 17.6 Å². The molecule has 6 nitrogen and oxygen atoms in total. The topological polar surface area (TPSA) is 75.6 Å². The van der Waals surface area contributed by atoms with Crippen molar-refractivity contribution in [3.63, 3.8) is 0 Å². The molecule has 0 aromatic heterocycles. The molecule has 3 rings (SSSR count). The van der Waals surface area contributed by atoms with Gasteiger partial charge in [0.25, 0.3) is 0 Å². The van der Waals surface area contributed by atoms with Crippen molar-refractivity contribution in [2.75, 3.05) is 18.5 Å². The molecule has 0 bridgehead atoms. The third kappa shape index (κ3) is 2.51. The molecule has 1 aromatic carbocycles. The number of benzene rings is 1. The van der Waals surface area contributed by atoms with E-state index in [1.807, 2.05) is 45.0 Å². The van der Waals surface area contributed by atoms with Crippen LogP contribution in [0, 0.1) is 5.92 Å².